The van der Waals surface area contributed by atoms with Gasteiger partial charge in [-0.3, -0.25) is 0 Å². The minimum absolute atomic E-state index is 0.0125. The first-order valence-electron chi connectivity index (χ1n) is 40.5. The summed E-state index contributed by atoms with van der Waals surface area (Å²) >= 11 is 0. The molecule has 0 N–H and O–H groups in total. The van der Waals surface area contributed by atoms with Gasteiger partial charge in [0, 0.05) is 32.5 Å². The summed E-state index contributed by atoms with van der Waals surface area (Å²) in [4.78, 5) is 0. The number of fused-ring (bicyclic) bond motifs is 32. The summed E-state index contributed by atoms with van der Waals surface area (Å²) in [6.07, 6.45) is 0. The first-order chi connectivity index (χ1) is 54.0. The van der Waals surface area contributed by atoms with E-state index in [4.69, 9.17) is 0 Å². The van der Waals surface area contributed by atoms with Crippen LogP contribution >= 0.6 is 0 Å². The third-order valence-corrected chi connectivity index (χ3v) is 30.5. The van der Waals surface area contributed by atoms with E-state index in [9.17, 15) is 10.5 Å². The molecule has 0 saturated carbocycles. The number of nitriles is 2. The highest BCUT2D eigenvalue weighted by Crippen LogP contribution is 2.65. The van der Waals surface area contributed by atoms with Crippen LogP contribution in [0.5, 0.6) is 0 Å². The number of benzene rings is 16. The summed E-state index contributed by atoms with van der Waals surface area (Å²) in [5.74, 6) is 0. The molecule has 0 radical (unpaired) electrons. The zero-order valence-electron chi connectivity index (χ0n) is 65.0. The maximum Gasteiger partial charge on any atom is 0.244 e. The standard InChI is InChI=1S/C108H74B2N2/c1-103(2)78-32-20-16-28-63(78)89-81(103)45-57-23-21-33-83-87(57)93(89)73-41-54(52-112)42-74-94-88-58(24-22-34-84(88)109(83)102(73)74)46-82-90(94)64-38-36-56(44-80(64)104(82,3)4)55-35-37-62-70-50-86-92-66(48-68-60-26-14-18-30-76(60)106(7,8)98(68)96(92)100(70)108(11,12)79(62)43-55)72-40-53(51-111)39-71-65-47-67-59-25-13-17-29-75(59)105(5,6)97(67)95-91(65)85(110(86)101(71)72)49-69-61-27-15-19-31-77(61)107(9,10)99(69)95/h13-50H,1-12H3. The zero-order valence-corrected chi connectivity index (χ0v) is 65.0. The van der Waals surface area contributed by atoms with Gasteiger partial charge in [0.15, 0.2) is 0 Å². The predicted molar refractivity (Wildman–Crippen MR) is 468 cm³/mol. The van der Waals surface area contributed by atoms with Gasteiger partial charge < -0.3 is 0 Å². The summed E-state index contributed by atoms with van der Waals surface area (Å²) in [6.45, 7) is 29.4. The third-order valence-electron chi connectivity index (χ3n) is 30.5. The number of rotatable bonds is 1. The van der Waals surface area contributed by atoms with E-state index < -0.39 is 5.41 Å². The van der Waals surface area contributed by atoms with Gasteiger partial charge in [0.2, 0.25) is 13.4 Å². The average molecular weight is 1420 g/mol. The van der Waals surface area contributed by atoms with E-state index in [1.165, 1.54) is 265 Å². The highest BCUT2D eigenvalue weighted by atomic mass is 14.5. The Morgan fingerprint density at radius 2 is 0.562 bits per heavy atom. The number of hydrogen-bond donors (Lipinski definition) is 0. The Morgan fingerprint density at radius 3 is 1.01 bits per heavy atom. The van der Waals surface area contributed by atoms with Crippen LogP contribution in [0.2, 0.25) is 0 Å². The van der Waals surface area contributed by atoms with E-state index in [2.05, 4.69) is 326 Å². The van der Waals surface area contributed by atoms with Crippen molar-refractivity contribution in [2.75, 3.05) is 0 Å². The van der Waals surface area contributed by atoms with Crippen LogP contribution in [-0.2, 0) is 32.5 Å². The highest BCUT2D eigenvalue weighted by Gasteiger charge is 2.53. The highest BCUT2D eigenvalue weighted by molar-refractivity contribution is 7.02. The van der Waals surface area contributed by atoms with Crippen molar-refractivity contribution in [3.8, 4) is 135 Å². The molecule has 6 aliphatic carbocycles. The molecule has 4 heterocycles. The molecule has 0 aromatic heterocycles. The molecule has 26 rings (SSSR count). The lowest BCUT2D eigenvalue weighted by Gasteiger charge is -2.39. The molecular weight excluding hydrogens is 1350 g/mol. The third kappa shape index (κ3) is 6.83. The van der Waals surface area contributed by atoms with Crippen LogP contribution < -0.4 is 32.8 Å². The average Bonchev–Trinajstić information content (AvgIpc) is 1.33. The van der Waals surface area contributed by atoms with Gasteiger partial charge in [-0.1, -0.05) is 286 Å². The Labute approximate surface area is 653 Å². The maximum atomic E-state index is 11.5. The van der Waals surface area contributed by atoms with Crippen molar-refractivity contribution in [3.05, 3.63) is 308 Å². The van der Waals surface area contributed by atoms with Gasteiger partial charge >= 0.3 is 0 Å². The first-order valence-corrected chi connectivity index (χ1v) is 40.5. The van der Waals surface area contributed by atoms with Crippen LogP contribution in [0, 0.1) is 22.7 Å². The molecule has 112 heavy (non-hydrogen) atoms. The summed E-state index contributed by atoms with van der Waals surface area (Å²) < 4.78 is 0. The molecule has 2 nitrogen and oxygen atoms in total. The Balaban J connectivity index is 0.697. The molecule has 4 heteroatoms. The maximum absolute atomic E-state index is 11.5. The van der Waals surface area contributed by atoms with Crippen LogP contribution in [0.1, 0.15) is 161 Å². The van der Waals surface area contributed by atoms with Crippen molar-refractivity contribution < 1.29 is 0 Å². The Kier molecular flexibility index (Phi) is 10.9. The number of hydrogen-bond acceptors (Lipinski definition) is 2. The second kappa shape index (κ2) is 19.5. The molecule has 16 aromatic rings. The first kappa shape index (κ1) is 62.4. The predicted octanol–water partition coefficient (Wildman–Crippen LogP) is 22.5. The monoisotopic (exact) mass is 1420 g/mol. The van der Waals surface area contributed by atoms with Gasteiger partial charge in [0.05, 0.1) is 23.3 Å². The van der Waals surface area contributed by atoms with Crippen molar-refractivity contribution in [2.45, 2.75) is 116 Å². The van der Waals surface area contributed by atoms with Crippen molar-refractivity contribution in [2.24, 2.45) is 0 Å². The molecule has 0 saturated heterocycles. The molecule has 522 valence electrons. The second-order valence-electron chi connectivity index (χ2n) is 37.7. The van der Waals surface area contributed by atoms with Crippen LogP contribution in [0.15, 0.2) is 231 Å². The second-order valence-corrected chi connectivity index (χ2v) is 37.7. The minimum atomic E-state index is -0.444. The van der Waals surface area contributed by atoms with Crippen molar-refractivity contribution >= 4 is 89.3 Å². The lowest BCUT2D eigenvalue weighted by Crippen LogP contribution is -2.57. The molecule has 10 aliphatic rings. The zero-order chi connectivity index (χ0) is 75.3. The molecule has 0 atom stereocenters. The smallest absolute Gasteiger partial charge is 0.192 e. The molecule has 0 unspecified atom stereocenters. The Morgan fingerprint density at radius 1 is 0.223 bits per heavy atom. The topological polar surface area (TPSA) is 47.6 Å². The SMILES string of the molecule is CC1(C)c2ccccc2-c2c1cc1cccc3c1c2-c1cc(C#N)cc2c1B3c1cccc3cc4c(c-2c13)-c1ccc(-c2ccc3c(c2)C(C)(C)c2c-3cc3c5c(cc6c(c25)C(C)(C)c2ccccc2-6)-c2cc(C#N)cc5c2B3c2cc3c(c6c7c(cc-5c26)-c2ccccc2C7(C)C)C(C)(C)c2ccccc2-3)cc1C4(C)C. The van der Waals surface area contributed by atoms with Crippen molar-refractivity contribution in [3.63, 3.8) is 0 Å². The van der Waals surface area contributed by atoms with Crippen LogP contribution in [0.25, 0.3) is 165 Å². The van der Waals surface area contributed by atoms with E-state index in [0.29, 0.717) is 11.1 Å². The van der Waals surface area contributed by atoms with E-state index in [1.54, 1.807) is 0 Å². The minimum Gasteiger partial charge on any atom is -0.192 e. The Hall–Kier alpha value is -12.3. The largest absolute Gasteiger partial charge is 0.244 e. The van der Waals surface area contributed by atoms with Crippen molar-refractivity contribution in [1.29, 1.82) is 10.5 Å². The normalized spacial score (nSPS) is 16.9. The van der Waals surface area contributed by atoms with Gasteiger partial charge in [0.1, 0.15) is 0 Å². The van der Waals surface area contributed by atoms with Gasteiger partial charge in [0.25, 0.3) is 0 Å². The van der Waals surface area contributed by atoms with E-state index >= 15 is 0 Å². The van der Waals surface area contributed by atoms with Crippen LogP contribution in [-0.4, -0.2) is 13.4 Å². The molecule has 0 bridgehead atoms. The molecule has 0 fully saturated rings. The number of nitrogens with zero attached hydrogens (tertiary/aromatic N) is 2. The molecule has 4 aliphatic heterocycles. The summed E-state index contributed by atoms with van der Waals surface area (Å²) in [5, 5.41) is 33.4. The van der Waals surface area contributed by atoms with Gasteiger partial charge in [-0.05, 0) is 293 Å². The van der Waals surface area contributed by atoms with E-state index in [0.717, 1.165) is 0 Å². The fraction of sp³-hybridized carbons (Fsp3) is 0.167. The summed E-state index contributed by atoms with van der Waals surface area (Å²) in [5.41, 5.74) is 51.9. The quantitative estimate of drug-likeness (QED) is 0.154. The molecule has 0 amide bonds. The molecule has 16 aromatic carbocycles. The van der Waals surface area contributed by atoms with E-state index in [1.807, 2.05) is 0 Å². The van der Waals surface area contributed by atoms with Gasteiger partial charge in [-0.25, -0.2) is 0 Å². The summed E-state index contributed by atoms with van der Waals surface area (Å²) in [7, 11) is 0. The van der Waals surface area contributed by atoms with Crippen LogP contribution in [0.3, 0.4) is 0 Å². The van der Waals surface area contributed by atoms with Gasteiger partial charge in [-0.2, -0.15) is 10.5 Å². The summed E-state index contributed by atoms with van der Waals surface area (Å²) in [6, 6.07) is 95.7. The lowest BCUT2D eigenvalue weighted by atomic mass is 9.30. The van der Waals surface area contributed by atoms with Crippen molar-refractivity contribution in [1.82, 2.24) is 0 Å². The lowest BCUT2D eigenvalue weighted by molar-refractivity contribution is 0.650. The fourth-order valence-electron chi connectivity index (χ4n) is 25.9. The van der Waals surface area contributed by atoms with Gasteiger partial charge in [-0.15, -0.1) is 0 Å². The molecule has 0 spiro atoms. The van der Waals surface area contributed by atoms with Crippen LogP contribution in [0.4, 0.5) is 0 Å². The fourth-order valence-corrected chi connectivity index (χ4v) is 25.9. The van der Waals surface area contributed by atoms with E-state index in [-0.39, 0.29) is 40.5 Å². The Bertz CT molecular complexity index is 7570. The molecular formula is C108H74B2N2.